The third-order valence-electron chi connectivity index (χ3n) is 5.92. The molecule has 0 aliphatic carbocycles. The van der Waals surface area contributed by atoms with Crippen LogP contribution in [0.3, 0.4) is 0 Å². The van der Waals surface area contributed by atoms with Gasteiger partial charge in [0.2, 0.25) is 0 Å². The smallest absolute Gasteiger partial charge is 0.303 e. The number of ether oxygens (including phenoxy) is 1. The number of nitrogens with one attached hydrogen (secondary N) is 1. The molecule has 0 bridgehead atoms. The second-order valence-corrected chi connectivity index (χ2v) is 10.2. The fourth-order valence-corrected chi connectivity index (χ4v) is 4.90. The van der Waals surface area contributed by atoms with Gasteiger partial charge in [0.25, 0.3) is 5.91 Å². The zero-order valence-electron chi connectivity index (χ0n) is 20.2. The summed E-state index contributed by atoms with van der Waals surface area (Å²) in [6.07, 6.45) is 2.36. The van der Waals surface area contributed by atoms with Crippen LogP contribution in [0.5, 0.6) is 5.75 Å². The van der Waals surface area contributed by atoms with Crippen LogP contribution in [-0.4, -0.2) is 22.2 Å². The van der Waals surface area contributed by atoms with E-state index in [0.717, 1.165) is 27.5 Å². The van der Waals surface area contributed by atoms with Gasteiger partial charge in [0.15, 0.2) is 5.17 Å². The molecule has 6 nitrogen and oxygen atoms in total. The Hall–Kier alpha value is -4.07. The first-order valence-corrected chi connectivity index (χ1v) is 13.1. The second kappa shape index (κ2) is 11.5. The van der Waals surface area contributed by atoms with Crippen LogP contribution >= 0.6 is 23.4 Å². The van der Waals surface area contributed by atoms with Crippen LogP contribution in [0.15, 0.2) is 94.8 Å². The van der Waals surface area contributed by atoms with E-state index in [1.165, 1.54) is 11.8 Å². The number of carbonyl (C=O) groups excluding carboxylic acids is 1. The van der Waals surface area contributed by atoms with Crippen molar-refractivity contribution in [3.63, 3.8) is 0 Å². The van der Waals surface area contributed by atoms with E-state index in [4.69, 9.17) is 21.4 Å². The molecule has 1 aliphatic heterocycles. The van der Waals surface area contributed by atoms with Crippen molar-refractivity contribution in [1.29, 1.82) is 0 Å². The standard InChI is InChI=1S/C30H23ClN2O4S/c31-24-10-5-20(6-11-24)18-37-26-16-22-4-2-1-3-21(22)15-23(26)17-27-29(36)33-30(38-27)32-25-12-7-19(8-13-25)9-14-28(34)35/h1-8,10-13,15-17H,9,14,18H2,(H,34,35)(H,32,33,36). The number of aliphatic carboxylic acids is 1. The molecule has 0 spiro atoms. The molecular formula is C30H23ClN2O4S. The Kier molecular flexibility index (Phi) is 7.77. The maximum absolute atomic E-state index is 12.8. The summed E-state index contributed by atoms with van der Waals surface area (Å²) in [4.78, 5) is 28.6. The number of rotatable bonds is 8. The van der Waals surface area contributed by atoms with Gasteiger partial charge in [0.05, 0.1) is 10.6 Å². The minimum absolute atomic E-state index is 0.0775. The van der Waals surface area contributed by atoms with Crippen LogP contribution in [-0.2, 0) is 22.6 Å². The van der Waals surface area contributed by atoms with Gasteiger partial charge in [-0.25, -0.2) is 4.99 Å². The lowest BCUT2D eigenvalue weighted by molar-refractivity contribution is -0.137. The molecule has 190 valence electrons. The number of amidine groups is 1. The molecule has 0 unspecified atom stereocenters. The largest absolute Gasteiger partial charge is 0.488 e. The first-order chi connectivity index (χ1) is 18.4. The Balaban J connectivity index is 1.38. The number of nitrogens with zero attached hydrogens (tertiary/aromatic N) is 1. The van der Waals surface area contributed by atoms with Gasteiger partial charge in [-0.1, -0.05) is 60.1 Å². The fraction of sp³-hybridized carbons (Fsp3) is 0.100. The van der Waals surface area contributed by atoms with Crippen molar-refractivity contribution in [3.05, 3.63) is 112 Å². The zero-order chi connectivity index (χ0) is 26.5. The molecule has 2 N–H and O–H groups in total. The summed E-state index contributed by atoms with van der Waals surface area (Å²) >= 11 is 7.26. The molecule has 1 saturated heterocycles. The van der Waals surface area contributed by atoms with Gasteiger partial charge in [0, 0.05) is 17.0 Å². The summed E-state index contributed by atoms with van der Waals surface area (Å²) in [7, 11) is 0. The highest BCUT2D eigenvalue weighted by Gasteiger charge is 2.24. The van der Waals surface area contributed by atoms with Crippen molar-refractivity contribution in [2.45, 2.75) is 19.4 Å². The molecule has 8 heteroatoms. The molecular weight excluding hydrogens is 520 g/mol. The average molecular weight is 543 g/mol. The fourth-order valence-electron chi connectivity index (χ4n) is 3.94. The molecule has 38 heavy (non-hydrogen) atoms. The summed E-state index contributed by atoms with van der Waals surface area (Å²) in [5, 5.41) is 14.9. The minimum atomic E-state index is -0.830. The molecule has 5 rings (SSSR count). The first-order valence-electron chi connectivity index (χ1n) is 11.9. The number of carboxylic acid groups (broad SMARTS) is 1. The van der Waals surface area contributed by atoms with Crippen LogP contribution < -0.4 is 10.1 Å². The second-order valence-electron chi connectivity index (χ2n) is 8.69. The summed E-state index contributed by atoms with van der Waals surface area (Å²) in [5.74, 6) is -0.394. The van der Waals surface area contributed by atoms with Crippen molar-refractivity contribution >= 4 is 62.9 Å². The molecule has 0 atom stereocenters. The van der Waals surface area contributed by atoms with E-state index in [-0.39, 0.29) is 12.3 Å². The van der Waals surface area contributed by atoms with E-state index in [9.17, 15) is 9.59 Å². The van der Waals surface area contributed by atoms with Gasteiger partial charge >= 0.3 is 5.97 Å². The molecule has 0 aromatic heterocycles. The Bertz CT molecular complexity index is 1560. The Morgan fingerprint density at radius 1 is 0.974 bits per heavy atom. The number of hydrogen-bond acceptors (Lipinski definition) is 5. The average Bonchev–Trinajstić information content (AvgIpc) is 3.26. The topological polar surface area (TPSA) is 88.0 Å². The van der Waals surface area contributed by atoms with E-state index in [2.05, 4.69) is 10.3 Å². The third kappa shape index (κ3) is 6.43. The molecule has 0 saturated carbocycles. The Morgan fingerprint density at radius 3 is 2.37 bits per heavy atom. The maximum atomic E-state index is 12.8. The number of aliphatic imine (C=N–C) groups is 1. The number of fused-ring (bicyclic) bond motifs is 1. The molecule has 1 heterocycles. The summed E-state index contributed by atoms with van der Waals surface area (Å²) in [5.41, 5.74) is 3.37. The van der Waals surface area contributed by atoms with Crippen LogP contribution in [0.4, 0.5) is 5.69 Å². The lowest BCUT2D eigenvalue weighted by Crippen LogP contribution is -2.19. The van der Waals surface area contributed by atoms with Crippen molar-refractivity contribution < 1.29 is 19.4 Å². The predicted octanol–water partition coefficient (Wildman–Crippen LogP) is 6.98. The van der Waals surface area contributed by atoms with E-state index in [1.807, 2.05) is 91.0 Å². The number of carbonyl (C=O) groups is 2. The summed E-state index contributed by atoms with van der Waals surface area (Å²) < 4.78 is 6.19. The Morgan fingerprint density at radius 2 is 1.66 bits per heavy atom. The minimum Gasteiger partial charge on any atom is -0.488 e. The molecule has 0 radical (unpaired) electrons. The van der Waals surface area contributed by atoms with Gasteiger partial charge in [-0.2, -0.15) is 0 Å². The maximum Gasteiger partial charge on any atom is 0.303 e. The number of benzene rings is 4. The van der Waals surface area contributed by atoms with E-state index in [0.29, 0.717) is 39.6 Å². The van der Waals surface area contributed by atoms with Gasteiger partial charge < -0.3 is 15.2 Å². The van der Waals surface area contributed by atoms with Gasteiger partial charge in [0.1, 0.15) is 12.4 Å². The lowest BCUT2D eigenvalue weighted by atomic mass is 10.1. The lowest BCUT2D eigenvalue weighted by Gasteiger charge is -2.12. The molecule has 1 fully saturated rings. The van der Waals surface area contributed by atoms with E-state index < -0.39 is 5.97 Å². The van der Waals surface area contributed by atoms with Crippen molar-refractivity contribution in [3.8, 4) is 5.75 Å². The normalized spacial score (nSPS) is 15.2. The van der Waals surface area contributed by atoms with E-state index in [1.54, 1.807) is 0 Å². The highest BCUT2D eigenvalue weighted by molar-refractivity contribution is 8.18. The summed E-state index contributed by atoms with van der Waals surface area (Å²) in [6, 6.07) is 26.8. The van der Waals surface area contributed by atoms with Crippen LogP contribution in [0.2, 0.25) is 5.02 Å². The molecule has 1 aliphatic rings. The van der Waals surface area contributed by atoms with Crippen LogP contribution in [0.1, 0.15) is 23.1 Å². The quantitative estimate of drug-likeness (QED) is 0.234. The van der Waals surface area contributed by atoms with Gasteiger partial charge in [-0.15, -0.1) is 0 Å². The van der Waals surface area contributed by atoms with Crippen LogP contribution in [0.25, 0.3) is 16.8 Å². The van der Waals surface area contributed by atoms with Crippen molar-refractivity contribution in [1.82, 2.24) is 5.32 Å². The predicted molar refractivity (Wildman–Crippen MR) is 153 cm³/mol. The van der Waals surface area contributed by atoms with Crippen molar-refractivity contribution in [2.75, 3.05) is 0 Å². The third-order valence-corrected chi connectivity index (χ3v) is 7.08. The monoisotopic (exact) mass is 542 g/mol. The zero-order valence-corrected chi connectivity index (χ0v) is 21.8. The van der Waals surface area contributed by atoms with Gasteiger partial charge in [-0.05, 0) is 82.6 Å². The first kappa shape index (κ1) is 25.6. The molecule has 4 aromatic carbocycles. The highest BCUT2D eigenvalue weighted by atomic mass is 35.5. The van der Waals surface area contributed by atoms with Gasteiger partial charge in [-0.3, -0.25) is 9.59 Å². The SMILES string of the molecule is O=C(O)CCc1ccc(N=C2NC(=O)C(=Cc3cc4ccccc4cc3OCc3ccc(Cl)cc3)S2)cc1. The molecule has 4 aromatic rings. The van der Waals surface area contributed by atoms with Crippen molar-refractivity contribution in [2.24, 2.45) is 4.99 Å². The number of hydrogen-bond donors (Lipinski definition) is 2. The number of thioether (sulfide) groups is 1. The number of amides is 1. The highest BCUT2D eigenvalue weighted by Crippen LogP contribution is 2.33. The Labute approximate surface area is 229 Å². The molecule has 1 amide bonds. The number of carboxylic acids is 1. The summed E-state index contributed by atoms with van der Waals surface area (Å²) in [6.45, 7) is 0.361. The number of halogens is 1. The number of aryl methyl sites for hydroxylation is 1. The van der Waals surface area contributed by atoms with Crippen LogP contribution in [0, 0.1) is 0 Å². The van der Waals surface area contributed by atoms with E-state index >= 15 is 0 Å².